The van der Waals surface area contributed by atoms with E-state index in [0.29, 0.717) is 16.5 Å². The molecule has 9 nitrogen and oxygen atoms in total. The zero-order chi connectivity index (χ0) is 24.3. The van der Waals surface area contributed by atoms with E-state index in [1.807, 2.05) is 13.0 Å². The van der Waals surface area contributed by atoms with Crippen LogP contribution in [0.25, 0.3) is 11.0 Å². The molecule has 1 aliphatic heterocycles. The SMILES string of the molecule is Cc1[nH]nc2nccc(Sc3c(N)nc(N4CCC5(CC4)Cc4ccccc4[C@H]5N)n(C)c3=O)c12. The van der Waals surface area contributed by atoms with Crippen molar-refractivity contribution in [2.24, 2.45) is 18.2 Å². The van der Waals surface area contributed by atoms with Gasteiger partial charge in [0.25, 0.3) is 5.56 Å². The fourth-order valence-electron chi connectivity index (χ4n) is 5.68. The van der Waals surface area contributed by atoms with Gasteiger partial charge in [-0.1, -0.05) is 36.0 Å². The maximum atomic E-state index is 13.4. The van der Waals surface area contributed by atoms with Gasteiger partial charge < -0.3 is 16.4 Å². The molecule has 35 heavy (non-hydrogen) atoms. The van der Waals surface area contributed by atoms with E-state index in [0.717, 1.165) is 48.3 Å². The number of fused-ring (bicyclic) bond motifs is 2. The molecule has 1 fully saturated rings. The molecule has 0 amide bonds. The minimum atomic E-state index is -0.158. The van der Waals surface area contributed by atoms with E-state index in [-0.39, 0.29) is 22.8 Å². The molecule has 5 N–H and O–H groups in total. The monoisotopic (exact) mass is 488 g/mol. The second kappa shape index (κ2) is 8.10. The summed E-state index contributed by atoms with van der Waals surface area (Å²) in [6.07, 6.45) is 4.59. The molecule has 1 atom stereocenters. The Balaban J connectivity index is 1.27. The second-order valence-electron chi connectivity index (χ2n) is 9.65. The first kappa shape index (κ1) is 22.1. The van der Waals surface area contributed by atoms with Gasteiger partial charge >= 0.3 is 0 Å². The van der Waals surface area contributed by atoms with Crippen molar-refractivity contribution in [3.63, 3.8) is 0 Å². The lowest BCUT2D eigenvalue weighted by molar-refractivity contribution is 0.186. The van der Waals surface area contributed by atoms with Crippen molar-refractivity contribution in [2.75, 3.05) is 23.7 Å². The average Bonchev–Trinajstić information content (AvgIpc) is 3.38. The van der Waals surface area contributed by atoms with Crippen LogP contribution < -0.4 is 21.9 Å². The molecule has 6 rings (SSSR count). The molecule has 2 aliphatic rings. The summed E-state index contributed by atoms with van der Waals surface area (Å²) < 4.78 is 1.61. The Kier molecular flexibility index (Phi) is 5.12. The van der Waals surface area contributed by atoms with Crippen LogP contribution in [-0.2, 0) is 13.5 Å². The molecule has 0 bridgehead atoms. The number of piperidine rings is 1. The summed E-state index contributed by atoms with van der Waals surface area (Å²) in [7, 11) is 1.76. The minimum Gasteiger partial charge on any atom is -0.382 e. The Morgan fingerprint density at radius 3 is 2.74 bits per heavy atom. The highest BCUT2D eigenvalue weighted by atomic mass is 32.2. The third-order valence-electron chi connectivity index (χ3n) is 7.70. The lowest BCUT2D eigenvalue weighted by atomic mass is 9.73. The normalized spacial score (nSPS) is 18.9. The lowest BCUT2D eigenvalue weighted by Crippen LogP contribution is -2.46. The molecule has 1 saturated heterocycles. The van der Waals surface area contributed by atoms with Crippen LogP contribution in [0.15, 0.2) is 51.1 Å². The van der Waals surface area contributed by atoms with E-state index in [2.05, 4.69) is 44.3 Å². The summed E-state index contributed by atoms with van der Waals surface area (Å²) in [5, 5.41) is 8.05. The van der Waals surface area contributed by atoms with Crippen LogP contribution in [0.1, 0.15) is 35.7 Å². The molecule has 0 radical (unpaired) electrons. The maximum Gasteiger partial charge on any atom is 0.270 e. The molecule has 0 unspecified atom stereocenters. The van der Waals surface area contributed by atoms with Gasteiger partial charge in [-0.05, 0) is 48.8 Å². The Hall–Kier alpha value is -3.37. The van der Waals surface area contributed by atoms with Crippen LogP contribution in [0.3, 0.4) is 0 Å². The van der Waals surface area contributed by atoms with Crippen LogP contribution in [0, 0.1) is 12.3 Å². The Bertz CT molecular complexity index is 1500. The predicted octanol–water partition coefficient (Wildman–Crippen LogP) is 2.94. The smallest absolute Gasteiger partial charge is 0.270 e. The number of H-pyrrole nitrogens is 1. The van der Waals surface area contributed by atoms with Gasteiger partial charge in [0.1, 0.15) is 10.7 Å². The largest absolute Gasteiger partial charge is 0.382 e. The van der Waals surface area contributed by atoms with Crippen LogP contribution in [0.4, 0.5) is 11.8 Å². The van der Waals surface area contributed by atoms with Gasteiger partial charge in [0.2, 0.25) is 5.95 Å². The van der Waals surface area contributed by atoms with E-state index in [1.54, 1.807) is 17.8 Å². The summed E-state index contributed by atoms with van der Waals surface area (Å²) >= 11 is 1.31. The third-order valence-corrected chi connectivity index (χ3v) is 8.84. The van der Waals surface area contributed by atoms with Crippen molar-refractivity contribution >= 4 is 34.6 Å². The Morgan fingerprint density at radius 2 is 1.97 bits per heavy atom. The summed E-state index contributed by atoms with van der Waals surface area (Å²) in [5.74, 6) is 0.847. The zero-order valence-corrected chi connectivity index (χ0v) is 20.6. The number of nitrogens with zero attached hydrogens (tertiary/aromatic N) is 5. The molecule has 1 aromatic carbocycles. The molecule has 0 saturated carbocycles. The van der Waals surface area contributed by atoms with E-state index >= 15 is 0 Å². The summed E-state index contributed by atoms with van der Waals surface area (Å²) in [6, 6.07) is 10.4. The number of rotatable bonds is 3. The number of aromatic nitrogens is 5. The zero-order valence-electron chi connectivity index (χ0n) is 19.8. The third kappa shape index (κ3) is 3.42. The fourth-order valence-corrected chi connectivity index (χ4v) is 6.75. The van der Waals surface area contributed by atoms with Gasteiger partial charge in [-0.2, -0.15) is 10.1 Å². The van der Waals surface area contributed by atoms with Crippen molar-refractivity contribution in [3.05, 3.63) is 63.7 Å². The number of aromatic amines is 1. The molecule has 4 aromatic rings. The molecule has 10 heteroatoms. The maximum absolute atomic E-state index is 13.4. The first-order valence-corrected chi connectivity index (χ1v) is 12.6. The van der Waals surface area contributed by atoms with Crippen molar-refractivity contribution in [1.82, 2.24) is 24.7 Å². The Morgan fingerprint density at radius 1 is 1.20 bits per heavy atom. The Labute approximate surface area is 206 Å². The predicted molar refractivity (Wildman–Crippen MR) is 138 cm³/mol. The second-order valence-corrected chi connectivity index (χ2v) is 10.7. The molecular formula is C25H28N8OS. The quantitative estimate of drug-likeness (QED) is 0.401. The van der Waals surface area contributed by atoms with Gasteiger partial charge in [-0.15, -0.1) is 0 Å². The molecule has 180 valence electrons. The van der Waals surface area contributed by atoms with Gasteiger partial charge in [-0.25, -0.2) is 4.98 Å². The fraction of sp³-hybridized carbons (Fsp3) is 0.360. The average molecular weight is 489 g/mol. The first-order valence-electron chi connectivity index (χ1n) is 11.8. The summed E-state index contributed by atoms with van der Waals surface area (Å²) in [5.41, 5.74) is 17.1. The number of hydrogen-bond donors (Lipinski definition) is 3. The number of anilines is 2. The number of nitrogens with two attached hydrogens (primary N) is 2. The topological polar surface area (TPSA) is 132 Å². The van der Waals surface area contributed by atoms with Crippen LogP contribution in [-0.4, -0.2) is 37.8 Å². The van der Waals surface area contributed by atoms with E-state index in [9.17, 15) is 4.79 Å². The number of nitrogens with one attached hydrogen (secondary N) is 1. The molecular weight excluding hydrogens is 460 g/mol. The van der Waals surface area contributed by atoms with E-state index in [1.165, 1.54) is 22.9 Å². The van der Waals surface area contributed by atoms with Gasteiger partial charge in [0.15, 0.2) is 5.65 Å². The highest BCUT2D eigenvalue weighted by molar-refractivity contribution is 7.99. The molecule has 3 aromatic heterocycles. The lowest BCUT2D eigenvalue weighted by Gasteiger charge is -2.42. The van der Waals surface area contributed by atoms with Gasteiger partial charge in [-0.3, -0.25) is 14.5 Å². The van der Waals surface area contributed by atoms with Crippen LogP contribution in [0.2, 0.25) is 0 Å². The van der Waals surface area contributed by atoms with Gasteiger partial charge in [0, 0.05) is 43.0 Å². The van der Waals surface area contributed by atoms with Crippen molar-refractivity contribution in [2.45, 2.75) is 42.0 Å². The summed E-state index contributed by atoms with van der Waals surface area (Å²) in [6.45, 7) is 3.50. The molecule has 1 spiro atoms. The van der Waals surface area contributed by atoms with E-state index < -0.39 is 0 Å². The summed E-state index contributed by atoms with van der Waals surface area (Å²) in [4.78, 5) is 25.8. The molecule has 1 aliphatic carbocycles. The number of pyridine rings is 1. The number of benzene rings is 1. The number of aryl methyl sites for hydroxylation is 1. The molecule has 4 heterocycles. The minimum absolute atomic E-state index is 0.0463. The highest BCUT2D eigenvalue weighted by Crippen LogP contribution is 2.51. The highest BCUT2D eigenvalue weighted by Gasteiger charge is 2.46. The number of hydrogen-bond acceptors (Lipinski definition) is 8. The van der Waals surface area contributed by atoms with Crippen molar-refractivity contribution in [1.29, 1.82) is 0 Å². The van der Waals surface area contributed by atoms with Crippen molar-refractivity contribution < 1.29 is 0 Å². The van der Waals surface area contributed by atoms with E-state index in [4.69, 9.17) is 16.5 Å². The van der Waals surface area contributed by atoms with Crippen LogP contribution in [0.5, 0.6) is 0 Å². The van der Waals surface area contributed by atoms with Gasteiger partial charge in [0.05, 0.1) is 5.39 Å². The van der Waals surface area contributed by atoms with Crippen LogP contribution >= 0.6 is 11.8 Å². The first-order chi connectivity index (χ1) is 16.9. The van der Waals surface area contributed by atoms with Crippen molar-refractivity contribution in [3.8, 4) is 0 Å². The standard InChI is InChI=1S/C25H28N8OS/c1-14-18-17(7-10-28-22(18)31-30-14)35-19-21(27)29-24(32(2)23(19)34)33-11-8-25(9-12-33)13-15-5-3-4-6-16(15)20(25)26/h3-7,10,20H,8-9,11-13,26-27H2,1-2H3,(H,28,30,31)/t20-/m1/s1. The number of nitrogen functional groups attached to an aromatic ring is 1.